The summed E-state index contributed by atoms with van der Waals surface area (Å²) in [5.74, 6) is 0.803. The largest absolute Gasteiger partial charge is 0.489 e. The Morgan fingerprint density at radius 3 is 2.29 bits per heavy atom. The van der Waals surface area contributed by atoms with Crippen molar-refractivity contribution in [2.24, 2.45) is 0 Å². The number of thiophene rings is 1. The number of nitrogens with zero attached hydrogens (tertiary/aromatic N) is 4. The van der Waals surface area contributed by atoms with Crippen molar-refractivity contribution in [3.63, 3.8) is 0 Å². The Morgan fingerprint density at radius 1 is 0.938 bits per heavy atom. The Balaban J connectivity index is 1.65. The monoisotopic (exact) mass is 678 g/mol. The number of ether oxygens (including phenoxy) is 2. The fraction of sp³-hybridized carbons (Fsp3) is 0.605. The number of para-hydroxylation sites is 1. The van der Waals surface area contributed by atoms with Crippen molar-refractivity contribution in [1.29, 1.82) is 0 Å². The van der Waals surface area contributed by atoms with Crippen LogP contribution in [-0.4, -0.2) is 85.1 Å². The number of carbonyl (C=O) groups excluding carboxylic acids is 3. The fourth-order valence-electron chi connectivity index (χ4n) is 7.53. The van der Waals surface area contributed by atoms with Crippen LogP contribution < -0.4 is 9.64 Å². The zero-order chi connectivity index (χ0) is 34.2. The topological polar surface area (TPSA) is 84.3 Å². The van der Waals surface area contributed by atoms with Crippen LogP contribution in [0.5, 0.6) is 5.75 Å². The number of anilines is 1. The molecule has 1 aromatic carbocycles. The number of aromatic nitrogens is 1. The summed E-state index contributed by atoms with van der Waals surface area (Å²) < 4.78 is 15.2. The molecule has 10 heteroatoms. The first-order valence-corrected chi connectivity index (χ1v) is 19.0. The molecule has 1 saturated heterocycles. The number of amides is 2. The highest BCUT2D eigenvalue weighted by atomic mass is 32.1. The molecular formula is C38H54N4O5S. The van der Waals surface area contributed by atoms with Gasteiger partial charge < -0.3 is 28.7 Å². The van der Waals surface area contributed by atoms with Gasteiger partial charge in [0.15, 0.2) is 5.75 Å². The molecule has 5 rings (SSSR count). The van der Waals surface area contributed by atoms with Crippen LogP contribution >= 0.6 is 11.3 Å². The number of methoxy groups -OCH3 is 1. The molecule has 48 heavy (non-hydrogen) atoms. The average Bonchev–Trinajstić information content (AvgIpc) is 3.59. The van der Waals surface area contributed by atoms with Gasteiger partial charge in [-0.05, 0) is 74.6 Å². The highest BCUT2D eigenvalue weighted by molar-refractivity contribution is 7.21. The Hall–Kier alpha value is -3.53. The number of fused-ring (bicyclic) bond motifs is 5. The van der Waals surface area contributed by atoms with E-state index < -0.39 is 0 Å². The molecule has 0 bridgehead atoms. The molecule has 0 N–H and O–H groups in total. The fourth-order valence-corrected chi connectivity index (χ4v) is 8.73. The molecule has 0 unspecified atom stereocenters. The zero-order valence-electron chi connectivity index (χ0n) is 29.6. The van der Waals surface area contributed by atoms with Crippen molar-refractivity contribution >= 4 is 45.0 Å². The summed E-state index contributed by atoms with van der Waals surface area (Å²) >= 11 is 1.52. The van der Waals surface area contributed by atoms with E-state index in [2.05, 4.69) is 38.3 Å². The first-order chi connectivity index (χ1) is 23.4. The third-order valence-electron chi connectivity index (χ3n) is 9.69. The second kappa shape index (κ2) is 16.7. The van der Waals surface area contributed by atoms with Crippen molar-refractivity contribution in [2.75, 3.05) is 57.9 Å². The molecule has 1 fully saturated rings. The second-order valence-electron chi connectivity index (χ2n) is 13.2. The van der Waals surface area contributed by atoms with Crippen LogP contribution in [0.15, 0.2) is 24.3 Å². The molecule has 4 heterocycles. The SMILES string of the molecule is CCCC(CCC)c1c2n(c3cc(C(=O)OC)sc13)CCOc1c-2cccc1N(CC(=O)N(CCC)CCC)CC(=O)N1CCCCC1. The minimum absolute atomic E-state index is 0.0299. The van der Waals surface area contributed by atoms with Crippen LogP contribution in [0, 0.1) is 0 Å². The van der Waals surface area contributed by atoms with Gasteiger partial charge in [0.05, 0.1) is 48.3 Å². The van der Waals surface area contributed by atoms with E-state index in [0.29, 0.717) is 37.0 Å². The van der Waals surface area contributed by atoms with Gasteiger partial charge in [-0.3, -0.25) is 9.59 Å². The average molecular weight is 679 g/mol. The highest BCUT2D eigenvalue weighted by Crippen LogP contribution is 2.50. The number of carbonyl (C=O) groups is 3. The Labute approximate surface area is 290 Å². The molecule has 2 aliphatic rings. The Bertz CT molecular complexity index is 1560. The number of esters is 1. The van der Waals surface area contributed by atoms with Gasteiger partial charge in [0, 0.05) is 31.7 Å². The quantitative estimate of drug-likeness (QED) is 0.153. The van der Waals surface area contributed by atoms with Crippen LogP contribution in [0.4, 0.5) is 5.69 Å². The van der Waals surface area contributed by atoms with E-state index in [1.165, 1.54) is 24.0 Å². The number of rotatable bonds is 15. The lowest BCUT2D eigenvalue weighted by Gasteiger charge is -2.33. The van der Waals surface area contributed by atoms with Crippen LogP contribution in [0.3, 0.4) is 0 Å². The molecule has 262 valence electrons. The second-order valence-corrected chi connectivity index (χ2v) is 14.2. The summed E-state index contributed by atoms with van der Waals surface area (Å²) in [6.07, 6.45) is 9.12. The van der Waals surface area contributed by atoms with Crippen LogP contribution in [-0.2, 0) is 20.9 Å². The van der Waals surface area contributed by atoms with Crippen molar-refractivity contribution in [1.82, 2.24) is 14.4 Å². The van der Waals surface area contributed by atoms with E-state index >= 15 is 0 Å². The van der Waals surface area contributed by atoms with E-state index in [1.807, 2.05) is 32.9 Å². The summed E-state index contributed by atoms with van der Waals surface area (Å²) in [6.45, 7) is 12.8. The molecule has 0 saturated carbocycles. The van der Waals surface area contributed by atoms with Gasteiger partial charge in [0.25, 0.3) is 0 Å². The molecule has 2 aromatic heterocycles. The first kappa shape index (κ1) is 35.8. The molecule has 9 nitrogen and oxygen atoms in total. The van der Waals surface area contributed by atoms with Gasteiger partial charge in [0.2, 0.25) is 11.8 Å². The molecule has 0 radical (unpaired) electrons. The van der Waals surface area contributed by atoms with Crippen LogP contribution in [0.25, 0.3) is 21.5 Å². The molecule has 3 aromatic rings. The van der Waals surface area contributed by atoms with Gasteiger partial charge in [-0.1, -0.05) is 46.6 Å². The minimum atomic E-state index is -0.314. The maximum Gasteiger partial charge on any atom is 0.348 e. The van der Waals surface area contributed by atoms with E-state index in [-0.39, 0.29) is 30.9 Å². The smallest absolute Gasteiger partial charge is 0.348 e. The molecule has 2 amide bonds. The summed E-state index contributed by atoms with van der Waals surface area (Å²) in [7, 11) is 1.43. The maximum atomic E-state index is 13.9. The van der Waals surface area contributed by atoms with Crippen molar-refractivity contribution in [3.8, 4) is 17.0 Å². The third-order valence-corrected chi connectivity index (χ3v) is 10.8. The predicted molar refractivity (Wildman–Crippen MR) is 194 cm³/mol. The number of piperidine rings is 1. The lowest BCUT2D eigenvalue weighted by Crippen LogP contribution is -2.47. The van der Waals surface area contributed by atoms with Gasteiger partial charge >= 0.3 is 5.97 Å². The maximum absolute atomic E-state index is 13.9. The van der Waals surface area contributed by atoms with Crippen molar-refractivity contribution in [3.05, 3.63) is 34.7 Å². The van der Waals surface area contributed by atoms with Gasteiger partial charge in [-0.15, -0.1) is 11.3 Å². The molecular weight excluding hydrogens is 625 g/mol. The van der Waals surface area contributed by atoms with Crippen LogP contribution in [0.1, 0.15) is 107 Å². The van der Waals surface area contributed by atoms with Gasteiger partial charge in [-0.25, -0.2) is 4.79 Å². The summed E-state index contributed by atoms with van der Waals surface area (Å²) in [6, 6.07) is 8.13. The Morgan fingerprint density at radius 2 is 1.65 bits per heavy atom. The summed E-state index contributed by atoms with van der Waals surface area (Å²) in [5, 5.41) is 0. The number of likely N-dealkylation sites (tertiary alicyclic amines) is 1. The summed E-state index contributed by atoms with van der Waals surface area (Å²) in [4.78, 5) is 46.8. The van der Waals surface area contributed by atoms with Crippen LogP contribution in [0.2, 0.25) is 0 Å². The van der Waals surface area contributed by atoms with E-state index in [1.54, 1.807) is 0 Å². The Kier molecular flexibility index (Phi) is 12.5. The minimum Gasteiger partial charge on any atom is -0.489 e. The lowest BCUT2D eigenvalue weighted by atomic mass is 9.88. The number of benzene rings is 1. The number of hydrogen-bond donors (Lipinski definition) is 0. The molecule has 0 atom stereocenters. The van der Waals surface area contributed by atoms with E-state index in [9.17, 15) is 14.4 Å². The first-order valence-electron chi connectivity index (χ1n) is 18.2. The molecule has 0 spiro atoms. The predicted octanol–water partition coefficient (Wildman–Crippen LogP) is 7.70. The van der Waals surface area contributed by atoms with Gasteiger partial charge in [-0.2, -0.15) is 0 Å². The van der Waals surface area contributed by atoms with Gasteiger partial charge in [0.1, 0.15) is 11.5 Å². The summed E-state index contributed by atoms with van der Waals surface area (Å²) in [5.41, 5.74) is 5.18. The third kappa shape index (κ3) is 7.53. The number of hydrogen-bond acceptors (Lipinski definition) is 7. The van der Waals surface area contributed by atoms with Crippen molar-refractivity contribution < 1.29 is 23.9 Å². The van der Waals surface area contributed by atoms with E-state index in [0.717, 1.165) is 104 Å². The molecule has 2 aliphatic heterocycles. The van der Waals surface area contributed by atoms with E-state index in [4.69, 9.17) is 9.47 Å². The zero-order valence-corrected chi connectivity index (χ0v) is 30.5. The van der Waals surface area contributed by atoms with Crippen molar-refractivity contribution in [2.45, 2.75) is 97.9 Å². The highest BCUT2D eigenvalue weighted by Gasteiger charge is 2.33. The normalized spacial score (nSPS) is 14.3. The standard InChI is InChI=1S/C38H54N4O5S/c1-6-14-27(15-7-2)34-35-28-16-13-17-29(36(28)47-23-22-42(35)30-24-31(38(45)46-5)48-37(30)34)41(25-32(43)39(18-8-3)19-9-4)26-33(44)40-20-11-10-12-21-40/h13,16-17,24,27H,6-12,14-15,18-23,25-26H2,1-5H3. The molecule has 0 aliphatic carbocycles. The lowest BCUT2D eigenvalue weighted by molar-refractivity contribution is -0.131.